The lowest BCUT2D eigenvalue weighted by Gasteiger charge is -2.27. The van der Waals surface area contributed by atoms with E-state index in [-0.39, 0.29) is 17.2 Å². The molecule has 0 radical (unpaired) electrons. The molecule has 0 aliphatic carbocycles. The van der Waals surface area contributed by atoms with Gasteiger partial charge in [0.15, 0.2) is 5.11 Å². The second kappa shape index (κ2) is 8.63. The zero-order valence-corrected chi connectivity index (χ0v) is 16.3. The molecule has 0 saturated carbocycles. The number of thiocarbonyl (C=S) groups is 1. The first-order chi connectivity index (χ1) is 13.5. The molecule has 1 N–H and O–H groups in total. The Hall–Kier alpha value is -3.25. The van der Waals surface area contributed by atoms with Gasteiger partial charge in [-0.25, -0.2) is 0 Å². The fourth-order valence-electron chi connectivity index (χ4n) is 2.75. The molecule has 1 saturated heterocycles. The highest BCUT2D eigenvalue weighted by Gasteiger charge is 2.32. The number of ether oxygens (including phenoxy) is 1. The van der Waals surface area contributed by atoms with Crippen LogP contribution in [0.3, 0.4) is 0 Å². The van der Waals surface area contributed by atoms with Gasteiger partial charge in [0.1, 0.15) is 17.9 Å². The Morgan fingerprint density at radius 1 is 1.14 bits per heavy atom. The predicted octanol–water partition coefficient (Wildman–Crippen LogP) is 3.39. The minimum atomic E-state index is -0.504. The summed E-state index contributed by atoms with van der Waals surface area (Å²) in [5, 5.41) is 2.62. The van der Waals surface area contributed by atoms with Crippen LogP contribution in [0.15, 0.2) is 66.8 Å². The Morgan fingerprint density at radius 2 is 1.86 bits per heavy atom. The van der Waals surface area contributed by atoms with Gasteiger partial charge in [-0.1, -0.05) is 42.5 Å². The lowest BCUT2D eigenvalue weighted by molar-refractivity contribution is -0.128. The summed E-state index contributed by atoms with van der Waals surface area (Å²) in [7, 11) is 0. The third kappa shape index (κ3) is 4.35. The lowest BCUT2D eigenvalue weighted by atomic mass is 10.1. The average Bonchev–Trinajstić information content (AvgIpc) is 2.69. The van der Waals surface area contributed by atoms with Gasteiger partial charge >= 0.3 is 0 Å². The number of hydrogen-bond acceptors (Lipinski definition) is 4. The number of carbonyl (C=O) groups excluding carboxylic acids is 2. The van der Waals surface area contributed by atoms with Crippen molar-refractivity contribution >= 4 is 35.2 Å². The number of rotatable bonds is 6. The molecule has 0 unspecified atom stereocenters. The summed E-state index contributed by atoms with van der Waals surface area (Å²) in [6.07, 6.45) is 3.10. The molecule has 142 valence electrons. The van der Waals surface area contributed by atoms with Gasteiger partial charge < -0.3 is 4.74 Å². The maximum absolute atomic E-state index is 12.5. The summed E-state index contributed by atoms with van der Waals surface area (Å²) in [6, 6.07) is 15.3. The maximum Gasteiger partial charge on any atom is 0.265 e. The molecule has 0 atom stereocenters. The van der Waals surface area contributed by atoms with E-state index in [0.29, 0.717) is 17.9 Å². The van der Waals surface area contributed by atoms with Crippen molar-refractivity contribution in [2.75, 3.05) is 6.54 Å². The van der Waals surface area contributed by atoms with Crippen LogP contribution in [0.2, 0.25) is 0 Å². The number of hydrogen-bond donors (Lipinski definition) is 1. The summed E-state index contributed by atoms with van der Waals surface area (Å²) in [6.45, 7) is 6.36. The summed E-state index contributed by atoms with van der Waals surface area (Å²) in [5.74, 6) is -0.233. The van der Waals surface area contributed by atoms with Crippen molar-refractivity contribution in [2.45, 2.75) is 13.5 Å². The monoisotopic (exact) mass is 392 g/mol. The largest absolute Gasteiger partial charge is 0.489 e. The molecule has 0 aromatic heterocycles. The van der Waals surface area contributed by atoms with E-state index < -0.39 is 11.8 Å². The molecule has 5 nitrogen and oxygen atoms in total. The van der Waals surface area contributed by atoms with Crippen molar-refractivity contribution in [3.8, 4) is 5.75 Å². The quantitative estimate of drug-likeness (QED) is 0.354. The van der Waals surface area contributed by atoms with Crippen molar-refractivity contribution < 1.29 is 14.3 Å². The molecule has 1 fully saturated rings. The Bertz CT molecular complexity index is 964. The fraction of sp³-hybridized carbons (Fsp3) is 0.136. The Morgan fingerprint density at radius 3 is 2.54 bits per heavy atom. The summed E-state index contributed by atoms with van der Waals surface area (Å²) in [4.78, 5) is 26.0. The summed E-state index contributed by atoms with van der Waals surface area (Å²) in [5.41, 5.74) is 3.04. The number of nitrogens with one attached hydrogen (secondary N) is 1. The third-order valence-corrected chi connectivity index (χ3v) is 4.67. The molecule has 28 heavy (non-hydrogen) atoms. The van der Waals surface area contributed by atoms with Crippen LogP contribution < -0.4 is 10.1 Å². The van der Waals surface area contributed by atoms with Crippen LogP contribution in [0.25, 0.3) is 6.08 Å². The first-order valence-corrected chi connectivity index (χ1v) is 9.17. The van der Waals surface area contributed by atoms with Gasteiger partial charge in [0.05, 0.1) is 0 Å². The number of aryl methyl sites for hydroxylation is 1. The van der Waals surface area contributed by atoms with Crippen LogP contribution in [-0.2, 0) is 16.2 Å². The lowest BCUT2D eigenvalue weighted by Crippen LogP contribution is -2.53. The number of benzene rings is 2. The number of carbonyl (C=O) groups is 2. The van der Waals surface area contributed by atoms with Crippen molar-refractivity contribution in [2.24, 2.45) is 0 Å². The van der Waals surface area contributed by atoms with Gasteiger partial charge in [-0.15, -0.1) is 6.58 Å². The second-order valence-corrected chi connectivity index (χ2v) is 6.69. The summed E-state index contributed by atoms with van der Waals surface area (Å²) < 4.78 is 5.82. The third-order valence-electron chi connectivity index (χ3n) is 4.34. The SMILES string of the molecule is C=CCN1C(=O)/C(=C/c2ccc(OCc3ccccc3C)cc2)C(=O)NC1=S. The highest BCUT2D eigenvalue weighted by atomic mass is 32.1. The zero-order chi connectivity index (χ0) is 20.1. The van der Waals surface area contributed by atoms with E-state index in [1.54, 1.807) is 24.3 Å². The van der Waals surface area contributed by atoms with Crippen LogP contribution in [0.5, 0.6) is 5.75 Å². The van der Waals surface area contributed by atoms with Crippen LogP contribution in [0, 0.1) is 6.92 Å². The molecular formula is C22H20N2O3S. The first-order valence-electron chi connectivity index (χ1n) is 8.76. The Balaban J connectivity index is 1.73. The smallest absolute Gasteiger partial charge is 0.265 e. The molecule has 6 heteroatoms. The normalized spacial score (nSPS) is 15.5. The first kappa shape index (κ1) is 19.5. The molecule has 0 bridgehead atoms. The molecule has 1 aliphatic rings. The fourth-order valence-corrected chi connectivity index (χ4v) is 3.00. The van der Waals surface area contributed by atoms with Crippen molar-refractivity contribution in [1.82, 2.24) is 10.2 Å². The molecular weight excluding hydrogens is 372 g/mol. The minimum absolute atomic E-state index is 0.0315. The molecule has 2 aromatic rings. The van der Waals surface area contributed by atoms with E-state index in [1.807, 2.05) is 43.3 Å². The number of nitrogens with zero attached hydrogens (tertiary/aromatic N) is 1. The molecule has 1 aliphatic heterocycles. The van der Waals surface area contributed by atoms with Crippen LogP contribution in [-0.4, -0.2) is 28.4 Å². The zero-order valence-electron chi connectivity index (χ0n) is 15.5. The van der Waals surface area contributed by atoms with E-state index >= 15 is 0 Å². The Kier molecular flexibility index (Phi) is 6.01. The van der Waals surface area contributed by atoms with Crippen molar-refractivity contribution in [3.05, 3.63) is 83.4 Å². The minimum Gasteiger partial charge on any atom is -0.489 e. The topological polar surface area (TPSA) is 58.6 Å². The average molecular weight is 392 g/mol. The van der Waals surface area contributed by atoms with Gasteiger partial charge in [-0.2, -0.15) is 0 Å². The number of amides is 2. The highest BCUT2D eigenvalue weighted by molar-refractivity contribution is 7.80. The van der Waals surface area contributed by atoms with Gasteiger partial charge in [0.25, 0.3) is 11.8 Å². The predicted molar refractivity (Wildman–Crippen MR) is 113 cm³/mol. The molecule has 2 aromatic carbocycles. The molecule has 0 spiro atoms. The molecule has 2 amide bonds. The van der Waals surface area contributed by atoms with Crippen molar-refractivity contribution in [1.29, 1.82) is 0 Å². The molecule has 3 rings (SSSR count). The van der Waals surface area contributed by atoms with Crippen LogP contribution >= 0.6 is 12.2 Å². The van der Waals surface area contributed by atoms with Crippen LogP contribution in [0.4, 0.5) is 0 Å². The van der Waals surface area contributed by atoms with Gasteiger partial charge in [-0.05, 0) is 54.0 Å². The van der Waals surface area contributed by atoms with Gasteiger partial charge in [0.2, 0.25) is 0 Å². The Labute approximate surface area is 169 Å². The van der Waals surface area contributed by atoms with E-state index in [1.165, 1.54) is 10.5 Å². The second-order valence-electron chi connectivity index (χ2n) is 6.31. The van der Waals surface area contributed by atoms with E-state index in [2.05, 4.69) is 11.9 Å². The standard InChI is InChI=1S/C22H20N2O3S/c1-3-12-24-21(26)19(20(25)23-22(24)28)13-16-8-10-18(11-9-16)27-14-17-7-5-4-6-15(17)2/h3-11,13H,1,12,14H2,2H3,(H,23,25,28)/b19-13+. The summed E-state index contributed by atoms with van der Waals surface area (Å²) >= 11 is 5.04. The van der Waals surface area contributed by atoms with E-state index in [0.717, 1.165) is 5.56 Å². The van der Waals surface area contributed by atoms with E-state index in [4.69, 9.17) is 17.0 Å². The maximum atomic E-state index is 12.5. The van der Waals surface area contributed by atoms with Gasteiger partial charge in [-0.3, -0.25) is 19.8 Å². The van der Waals surface area contributed by atoms with Crippen molar-refractivity contribution in [3.63, 3.8) is 0 Å². The highest BCUT2D eigenvalue weighted by Crippen LogP contribution is 2.19. The molecule has 1 heterocycles. The van der Waals surface area contributed by atoms with Gasteiger partial charge in [0, 0.05) is 6.54 Å². The van der Waals surface area contributed by atoms with Crippen LogP contribution in [0.1, 0.15) is 16.7 Å². The van der Waals surface area contributed by atoms with E-state index in [9.17, 15) is 9.59 Å².